The summed E-state index contributed by atoms with van der Waals surface area (Å²) in [6.45, 7) is 0.889. The Morgan fingerprint density at radius 3 is 2.23 bits per heavy atom. The van der Waals surface area contributed by atoms with E-state index in [1.54, 1.807) is 23.5 Å². The molecule has 0 aliphatic rings. The van der Waals surface area contributed by atoms with Crippen LogP contribution < -0.4 is 21.5 Å². The van der Waals surface area contributed by atoms with Gasteiger partial charge in [-0.15, -0.1) is 11.3 Å². The zero-order valence-electron chi connectivity index (χ0n) is 19.4. The molecular formula is C26H30N4O4S. The van der Waals surface area contributed by atoms with E-state index in [0.29, 0.717) is 38.2 Å². The molecule has 4 amide bonds. The van der Waals surface area contributed by atoms with E-state index in [1.807, 2.05) is 53.9 Å². The van der Waals surface area contributed by atoms with Crippen molar-refractivity contribution < 1.29 is 19.1 Å². The average molecular weight is 495 g/mol. The number of aryl methyl sites for hydroxylation is 1. The number of nitrogens with two attached hydrogens (primary N) is 2. The minimum absolute atomic E-state index is 0.185. The second kappa shape index (κ2) is 13.3. The number of amides is 4. The highest BCUT2D eigenvalue weighted by molar-refractivity contribution is 7.09. The van der Waals surface area contributed by atoms with Crippen molar-refractivity contribution in [2.24, 2.45) is 11.5 Å². The van der Waals surface area contributed by atoms with Gasteiger partial charge in [0.25, 0.3) is 5.91 Å². The molecule has 0 atom stereocenters. The minimum atomic E-state index is -0.548. The molecule has 184 valence electrons. The maximum Gasteiger partial charge on any atom is 0.324 e. The van der Waals surface area contributed by atoms with E-state index in [1.165, 1.54) is 4.90 Å². The van der Waals surface area contributed by atoms with E-state index in [0.717, 1.165) is 21.6 Å². The quantitative estimate of drug-likeness (QED) is 0.357. The van der Waals surface area contributed by atoms with Gasteiger partial charge < -0.3 is 21.5 Å². The number of hydrogen-bond acceptors (Lipinski definition) is 6. The second-order valence-corrected chi connectivity index (χ2v) is 8.99. The number of ether oxygens (including phenoxy) is 1. The smallest absolute Gasteiger partial charge is 0.324 e. The molecule has 0 unspecified atom stereocenters. The lowest BCUT2D eigenvalue weighted by Gasteiger charge is -2.21. The van der Waals surface area contributed by atoms with Crippen molar-refractivity contribution in [2.75, 3.05) is 13.2 Å². The van der Waals surface area contributed by atoms with Crippen molar-refractivity contribution in [3.8, 4) is 5.75 Å². The highest BCUT2D eigenvalue weighted by Gasteiger charge is 2.21. The van der Waals surface area contributed by atoms with E-state index >= 15 is 0 Å². The first kappa shape index (κ1) is 25.9. The van der Waals surface area contributed by atoms with Crippen molar-refractivity contribution in [2.45, 2.75) is 32.4 Å². The molecule has 0 radical (unpaired) electrons. The predicted molar refractivity (Wildman–Crippen MR) is 136 cm³/mol. The summed E-state index contributed by atoms with van der Waals surface area (Å²) in [5, 5.41) is 4.84. The van der Waals surface area contributed by atoms with Crippen molar-refractivity contribution >= 4 is 29.2 Å². The fourth-order valence-electron chi connectivity index (χ4n) is 3.38. The normalized spacial score (nSPS) is 10.5. The monoisotopic (exact) mass is 494 g/mol. The molecule has 2 aromatic carbocycles. The molecule has 0 aliphatic carbocycles. The van der Waals surface area contributed by atoms with Gasteiger partial charge in [0.15, 0.2) is 6.61 Å². The third kappa shape index (κ3) is 8.55. The first-order valence-electron chi connectivity index (χ1n) is 11.3. The SMILES string of the molecule is NCc1ccc(CNC(=O)N(CCc2cccs2)C(=O)CCc2ccc(OCC(N)=O)cc2)cc1. The molecule has 3 rings (SSSR count). The van der Waals surface area contributed by atoms with Crippen LogP contribution in [0, 0.1) is 0 Å². The van der Waals surface area contributed by atoms with Gasteiger partial charge >= 0.3 is 6.03 Å². The van der Waals surface area contributed by atoms with Gasteiger partial charge in [-0.05, 0) is 53.1 Å². The fraction of sp³-hybridized carbons (Fsp3) is 0.269. The summed E-state index contributed by atoms with van der Waals surface area (Å²) in [5.41, 5.74) is 13.6. The van der Waals surface area contributed by atoms with Gasteiger partial charge in [0.1, 0.15) is 5.75 Å². The van der Waals surface area contributed by atoms with Crippen LogP contribution in [0.1, 0.15) is 28.0 Å². The number of primary amides is 1. The minimum Gasteiger partial charge on any atom is -0.484 e. The van der Waals surface area contributed by atoms with Crippen LogP contribution in [-0.4, -0.2) is 35.9 Å². The van der Waals surface area contributed by atoms with Crippen molar-refractivity contribution in [1.82, 2.24) is 10.2 Å². The molecule has 8 nitrogen and oxygen atoms in total. The lowest BCUT2D eigenvalue weighted by atomic mass is 10.1. The number of hydrogen-bond donors (Lipinski definition) is 3. The van der Waals surface area contributed by atoms with Gasteiger partial charge in [0.05, 0.1) is 0 Å². The molecule has 1 aromatic heterocycles. The van der Waals surface area contributed by atoms with Crippen LogP contribution in [0.4, 0.5) is 4.79 Å². The largest absolute Gasteiger partial charge is 0.484 e. The van der Waals surface area contributed by atoms with E-state index in [-0.39, 0.29) is 18.9 Å². The van der Waals surface area contributed by atoms with Gasteiger partial charge in [-0.1, -0.05) is 42.5 Å². The van der Waals surface area contributed by atoms with E-state index in [2.05, 4.69) is 5.32 Å². The van der Waals surface area contributed by atoms with Crippen LogP contribution in [0.15, 0.2) is 66.0 Å². The van der Waals surface area contributed by atoms with Crippen molar-refractivity contribution in [3.05, 3.63) is 87.6 Å². The Bertz CT molecular complexity index is 1100. The summed E-state index contributed by atoms with van der Waals surface area (Å²) in [6.07, 6.45) is 1.26. The first-order valence-corrected chi connectivity index (χ1v) is 12.2. The molecule has 1 heterocycles. The molecule has 3 aromatic rings. The maximum atomic E-state index is 13.0. The summed E-state index contributed by atoms with van der Waals surface area (Å²) in [7, 11) is 0. The standard InChI is InChI=1S/C26H30N4O4S/c27-16-20-3-5-21(6-4-20)17-29-26(33)30(14-13-23-2-1-15-35-23)25(32)12-9-19-7-10-22(11-8-19)34-18-24(28)31/h1-8,10-11,15H,9,12-14,16-18,27H2,(H2,28,31)(H,29,33). The topological polar surface area (TPSA) is 128 Å². The van der Waals surface area contributed by atoms with E-state index in [9.17, 15) is 14.4 Å². The number of imide groups is 1. The summed E-state index contributed by atoms with van der Waals surface area (Å²) < 4.78 is 5.25. The number of nitrogens with zero attached hydrogens (tertiary/aromatic N) is 1. The molecule has 0 bridgehead atoms. The number of nitrogens with one attached hydrogen (secondary N) is 1. The molecular weight excluding hydrogens is 464 g/mol. The number of carbonyl (C=O) groups is 3. The van der Waals surface area contributed by atoms with Crippen LogP contribution in [0.5, 0.6) is 5.75 Å². The molecule has 35 heavy (non-hydrogen) atoms. The third-order valence-corrected chi connectivity index (χ3v) is 6.28. The molecule has 5 N–H and O–H groups in total. The Labute approximate surface area is 208 Å². The summed E-state index contributed by atoms with van der Waals surface area (Å²) >= 11 is 1.60. The zero-order chi connectivity index (χ0) is 25.0. The summed E-state index contributed by atoms with van der Waals surface area (Å²) in [5.74, 6) is -0.268. The van der Waals surface area contributed by atoms with Crippen LogP contribution >= 0.6 is 11.3 Å². The number of thiophene rings is 1. The highest BCUT2D eigenvalue weighted by atomic mass is 32.1. The van der Waals surface area contributed by atoms with E-state index in [4.69, 9.17) is 16.2 Å². The first-order chi connectivity index (χ1) is 16.9. The molecule has 0 saturated carbocycles. The van der Waals surface area contributed by atoms with Crippen LogP contribution in [0.2, 0.25) is 0 Å². The Kier molecular flexibility index (Phi) is 9.82. The lowest BCUT2D eigenvalue weighted by Crippen LogP contribution is -2.44. The number of urea groups is 1. The molecule has 0 spiro atoms. The van der Waals surface area contributed by atoms with E-state index < -0.39 is 11.9 Å². The van der Waals surface area contributed by atoms with Gasteiger partial charge in [0, 0.05) is 30.9 Å². The Balaban J connectivity index is 1.58. The van der Waals surface area contributed by atoms with Crippen LogP contribution in [0.25, 0.3) is 0 Å². The number of carbonyl (C=O) groups excluding carboxylic acids is 3. The molecule has 0 saturated heterocycles. The van der Waals surface area contributed by atoms with Gasteiger partial charge in [0.2, 0.25) is 5.91 Å². The van der Waals surface area contributed by atoms with Crippen molar-refractivity contribution in [3.63, 3.8) is 0 Å². The summed E-state index contributed by atoms with van der Waals surface area (Å²) in [6, 6.07) is 18.3. The second-order valence-electron chi connectivity index (χ2n) is 7.95. The zero-order valence-corrected chi connectivity index (χ0v) is 20.3. The predicted octanol–water partition coefficient (Wildman–Crippen LogP) is 2.98. The van der Waals surface area contributed by atoms with Crippen molar-refractivity contribution in [1.29, 1.82) is 0 Å². The lowest BCUT2D eigenvalue weighted by molar-refractivity contribution is -0.128. The molecule has 0 fully saturated rings. The third-order valence-electron chi connectivity index (χ3n) is 5.34. The highest BCUT2D eigenvalue weighted by Crippen LogP contribution is 2.15. The molecule has 9 heteroatoms. The Morgan fingerprint density at radius 1 is 0.914 bits per heavy atom. The Morgan fingerprint density at radius 2 is 1.60 bits per heavy atom. The Hall–Kier alpha value is -3.69. The average Bonchev–Trinajstić information content (AvgIpc) is 3.39. The molecule has 0 aliphatic heterocycles. The summed E-state index contributed by atoms with van der Waals surface area (Å²) in [4.78, 5) is 39.2. The maximum absolute atomic E-state index is 13.0. The van der Waals surface area contributed by atoms with Gasteiger partial charge in [-0.3, -0.25) is 14.5 Å². The van der Waals surface area contributed by atoms with Gasteiger partial charge in [-0.25, -0.2) is 4.79 Å². The number of rotatable bonds is 12. The fourth-order valence-corrected chi connectivity index (χ4v) is 4.07. The van der Waals surface area contributed by atoms with Gasteiger partial charge in [-0.2, -0.15) is 0 Å². The van der Waals surface area contributed by atoms with Crippen LogP contribution in [0.3, 0.4) is 0 Å². The van der Waals surface area contributed by atoms with Crippen LogP contribution in [-0.2, 0) is 35.5 Å². The number of benzene rings is 2.